The fourth-order valence-electron chi connectivity index (χ4n) is 3.51. The summed E-state index contributed by atoms with van der Waals surface area (Å²) in [5, 5.41) is 10.7. The van der Waals surface area contributed by atoms with Crippen LogP contribution in [0.3, 0.4) is 0 Å². The van der Waals surface area contributed by atoms with Crippen molar-refractivity contribution in [1.29, 1.82) is 0 Å². The van der Waals surface area contributed by atoms with Crippen LogP contribution in [0.2, 0.25) is 0 Å². The van der Waals surface area contributed by atoms with Gasteiger partial charge in [-0.1, -0.05) is 13.0 Å². The third-order valence-electron chi connectivity index (χ3n) is 5.27. The van der Waals surface area contributed by atoms with Crippen LogP contribution in [0.5, 0.6) is 0 Å². The van der Waals surface area contributed by atoms with Gasteiger partial charge in [0.1, 0.15) is 5.82 Å². The SMILES string of the molecule is CCN1CCN(c2ccc(CNC(=NC)NCCCn3cccn3)cc2F)CC1. The lowest BCUT2D eigenvalue weighted by atomic mass is 10.1. The number of hydrogen-bond acceptors (Lipinski definition) is 4. The molecule has 8 heteroatoms. The first-order valence-corrected chi connectivity index (χ1v) is 10.4. The number of rotatable bonds is 8. The highest BCUT2D eigenvalue weighted by Crippen LogP contribution is 2.22. The highest BCUT2D eigenvalue weighted by atomic mass is 19.1. The van der Waals surface area contributed by atoms with E-state index in [1.807, 2.05) is 29.1 Å². The van der Waals surface area contributed by atoms with E-state index in [9.17, 15) is 4.39 Å². The van der Waals surface area contributed by atoms with E-state index in [4.69, 9.17) is 0 Å². The quantitative estimate of drug-likeness (QED) is 0.402. The van der Waals surface area contributed by atoms with Gasteiger partial charge >= 0.3 is 0 Å². The van der Waals surface area contributed by atoms with E-state index in [1.54, 1.807) is 19.3 Å². The first-order valence-electron chi connectivity index (χ1n) is 10.4. The Morgan fingerprint density at radius 1 is 1.21 bits per heavy atom. The van der Waals surface area contributed by atoms with E-state index in [0.29, 0.717) is 18.2 Å². The van der Waals surface area contributed by atoms with Crippen molar-refractivity contribution in [3.63, 3.8) is 0 Å². The van der Waals surface area contributed by atoms with Crippen LogP contribution in [0, 0.1) is 5.82 Å². The van der Waals surface area contributed by atoms with Crippen molar-refractivity contribution in [2.45, 2.75) is 26.4 Å². The van der Waals surface area contributed by atoms with Crippen LogP contribution in [-0.2, 0) is 13.1 Å². The minimum absolute atomic E-state index is 0.156. The molecule has 29 heavy (non-hydrogen) atoms. The van der Waals surface area contributed by atoms with Gasteiger partial charge in [-0.3, -0.25) is 9.67 Å². The maximum Gasteiger partial charge on any atom is 0.191 e. The number of nitrogens with zero attached hydrogens (tertiary/aromatic N) is 5. The number of hydrogen-bond donors (Lipinski definition) is 2. The first kappa shape index (κ1) is 21.1. The molecule has 0 unspecified atom stereocenters. The maximum atomic E-state index is 14.7. The number of nitrogens with one attached hydrogen (secondary N) is 2. The average molecular weight is 402 g/mol. The van der Waals surface area contributed by atoms with Gasteiger partial charge in [-0.05, 0) is 36.7 Å². The number of aromatic nitrogens is 2. The molecule has 7 nitrogen and oxygen atoms in total. The Bertz CT molecular complexity index is 767. The number of guanidine groups is 1. The van der Waals surface area contributed by atoms with Crippen LogP contribution in [0.4, 0.5) is 10.1 Å². The first-order chi connectivity index (χ1) is 14.2. The zero-order valence-electron chi connectivity index (χ0n) is 17.4. The van der Waals surface area contributed by atoms with Crippen LogP contribution in [0.15, 0.2) is 41.7 Å². The number of halogens is 1. The van der Waals surface area contributed by atoms with Crippen LogP contribution in [0.1, 0.15) is 18.9 Å². The molecule has 0 atom stereocenters. The highest BCUT2D eigenvalue weighted by molar-refractivity contribution is 5.79. The topological polar surface area (TPSA) is 60.7 Å². The van der Waals surface area contributed by atoms with Crippen LogP contribution in [0.25, 0.3) is 0 Å². The fourth-order valence-corrected chi connectivity index (χ4v) is 3.51. The van der Waals surface area contributed by atoms with Gasteiger partial charge in [0, 0.05) is 65.3 Å². The van der Waals surface area contributed by atoms with Crippen molar-refractivity contribution in [3.05, 3.63) is 48.0 Å². The number of anilines is 1. The van der Waals surface area contributed by atoms with Gasteiger partial charge in [0.05, 0.1) is 5.69 Å². The molecule has 1 aromatic heterocycles. The van der Waals surface area contributed by atoms with E-state index >= 15 is 0 Å². The minimum Gasteiger partial charge on any atom is -0.367 e. The van der Waals surface area contributed by atoms with Crippen molar-refractivity contribution in [1.82, 2.24) is 25.3 Å². The van der Waals surface area contributed by atoms with Gasteiger partial charge in [0.2, 0.25) is 0 Å². The molecule has 0 amide bonds. The van der Waals surface area contributed by atoms with E-state index in [1.165, 1.54) is 0 Å². The summed E-state index contributed by atoms with van der Waals surface area (Å²) < 4.78 is 16.6. The molecule has 1 aromatic carbocycles. The molecular formula is C21H32FN7. The molecule has 0 spiro atoms. The Hall–Kier alpha value is -2.61. The van der Waals surface area contributed by atoms with E-state index in [0.717, 1.165) is 57.8 Å². The summed E-state index contributed by atoms with van der Waals surface area (Å²) >= 11 is 0. The normalized spacial score (nSPS) is 15.6. The van der Waals surface area contributed by atoms with Crippen LogP contribution < -0.4 is 15.5 Å². The predicted octanol–water partition coefficient (Wildman–Crippen LogP) is 1.92. The largest absolute Gasteiger partial charge is 0.367 e. The van der Waals surface area contributed by atoms with Gasteiger partial charge in [-0.15, -0.1) is 0 Å². The molecule has 0 bridgehead atoms. The highest BCUT2D eigenvalue weighted by Gasteiger charge is 2.18. The molecule has 0 radical (unpaired) electrons. The summed E-state index contributed by atoms with van der Waals surface area (Å²) in [7, 11) is 1.74. The Morgan fingerprint density at radius 2 is 2.03 bits per heavy atom. The third-order valence-corrected chi connectivity index (χ3v) is 5.27. The lowest BCUT2D eigenvalue weighted by Gasteiger charge is -2.35. The van der Waals surface area contributed by atoms with Gasteiger partial charge in [-0.2, -0.15) is 5.10 Å². The second-order valence-corrected chi connectivity index (χ2v) is 7.18. The van der Waals surface area contributed by atoms with Gasteiger partial charge in [-0.25, -0.2) is 4.39 Å². The second kappa shape index (κ2) is 10.8. The number of piperazine rings is 1. The number of likely N-dealkylation sites (N-methyl/N-ethyl adjacent to an activating group) is 1. The standard InChI is InChI=1S/C21H32FN7/c1-3-27-12-14-28(15-13-27)20-7-6-18(16-19(20)22)17-25-21(23-2)24-8-4-10-29-11-5-9-26-29/h5-7,9,11,16H,3-4,8,10,12-15,17H2,1-2H3,(H2,23,24,25). The van der Waals surface area contributed by atoms with E-state index in [-0.39, 0.29) is 5.82 Å². The molecule has 1 fully saturated rings. The molecule has 1 aliphatic rings. The number of benzene rings is 1. The Balaban J connectivity index is 1.44. The van der Waals surface area contributed by atoms with Crippen molar-refractivity contribution in [2.75, 3.05) is 51.2 Å². The molecule has 158 valence electrons. The molecule has 0 saturated carbocycles. The summed E-state index contributed by atoms with van der Waals surface area (Å²) in [6.45, 7) is 9.12. The van der Waals surface area contributed by atoms with Gasteiger partial charge < -0.3 is 20.4 Å². The van der Waals surface area contributed by atoms with E-state index in [2.05, 4.69) is 37.4 Å². The maximum absolute atomic E-state index is 14.7. The average Bonchev–Trinajstić information content (AvgIpc) is 3.27. The zero-order valence-corrected chi connectivity index (χ0v) is 17.4. The molecule has 1 saturated heterocycles. The van der Waals surface area contributed by atoms with Crippen molar-refractivity contribution in [3.8, 4) is 0 Å². The van der Waals surface area contributed by atoms with Crippen molar-refractivity contribution >= 4 is 11.6 Å². The lowest BCUT2D eigenvalue weighted by molar-refractivity contribution is 0.270. The molecule has 2 heterocycles. The Labute approximate surface area is 172 Å². The van der Waals surface area contributed by atoms with Crippen LogP contribution in [-0.4, -0.2) is 67.0 Å². The molecule has 2 aromatic rings. The fraction of sp³-hybridized carbons (Fsp3) is 0.524. The minimum atomic E-state index is -0.156. The summed E-state index contributed by atoms with van der Waals surface area (Å²) in [6.07, 6.45) is 4.68. The molecule has 1 aliphatic heterocycles. The molecule has 2 N–H and O–H groups in total. The summed E-state index contributed by atoms with van der Waals surface area (Å²) in [5.74, 6) is 0.557. The summed E-state index contributed by atoms with van der Waals surface area (Å²) in [5.41, 5.74) is 1.60. The summed E-state index contributed by atoms with van der Waals surface area (Å²) in [6, 6.07) is 7.43. The predicted molar refractivity (Wildman–Crippen MR) is 116 cm³/mol. The summed E-state index contributed by atoms with van der Waals surface area (Å²) in [4.78, 5) is 8.76. The third kappa shape index (κ3) is 6.19. The lowest BCUT2D eigenvalue weighted by Crippen LogP contribution is -2.46. The van der Waals surface area contributed by atoms with Crippen molar-refractivity contribution in [2.24, 2.45) is 4.99 Å². The smallest absolute Gasteiger partial charge is 0.191 e. The second-order valence-electron chi connectivity index (χ2n) is 7.18. The Morgan fingerprint density at radius 3 is 2.69 bits per heavy atom. The molecule has 0 aliphatic carbocycles. The Kier molecular flexibility index (Phi) is 7.86. The molecular weight excluding hydrogens is 369 g/mol. The number of aryl methyl sites for hydroxylation is 1. The van der Waals surface area contributed by atoms with E-state index < -0.39 is 0 Å². The monoisotopic (exact) mass is 401 g/mol. The van der Waals surface area contributed by atoms with Crippen LogP contribution >= 0.6 is 0 Å². The number of aliphatic imine (C=N–C) groups is 1. The van der Waals surface area contributed by atoms with Gasteiger partial charge in [0.25, 0.3) is 0 Å². The van der Waals surface area contributed by atoms with Crippen molar-refractivity contribution < 1.29 is 4.39 Å². The molecule has 3 rings (SSSR count). The van der Waals surface area contributed by atoms with Gasteiger partial charge in [0.15, 0.2) is 5.96 Å². The zero-order chi connectivity index (χ0) is 20.5.